The van der Waals surface area contributed by atoms with Gasteiger partial charge in [0, 0.05) is 13.1 Å². The second-order valence-electron chi connectivity index (χ2n) is 12.1. The average molecular weight is 716 g/mol. The van der Waals surface area contributed by atoms with Gasteiger partial charge in [0.2, 0.25) is 11.7 Å². The van der Waals surface area contributed by atoms with Crippen molar-refractivity contribution in [2.75, 3.05) is 31.6 Å². The van der Waals surface area contributed by atoms with Crippen LogP contribution in [0.1, 0.15) is 71.2 Å². The van der Waals surface area contributed by atoms with Crippen LogP contribution < -0.4 is 10.9 Å². The van der Waals surface area contributed by atoms with E-state index in [-0.39, 0.29) is 65.9 Å². The Kier molecular flexibility index (Phi) is 8.34. The van der Waals surface area contributed by atoms with Crippen molar-refractivity contribution < 1.29 is 37.3 Å². The summed E-state index contributed by atoms with van der Waals surface area (Å²) >= 11 is 6.01. The topological polar surface area (TPSA) is 179 Å². The fraction of sp³-hybridized carbons (Fsp3) is 0.419. The van der Waals surface area contributed by atoms with E-state index in [4.69, 9.17) is 21.1 Å². The number of nitrogens with one attached hydrogen (secondary N) is 1. The van der Waals surface area contributed by atoms with Gasteiger partial charge in [-0.2, -0.15) is 22.7 Å². The number of hydrogen-bond acceptors (Lipinski definition) is 11. The third kappa shape index (κ3) is 5.75. The number of carbonyl (C=O) groups is 2. The molecule has 0 bridgehead atoms. The molecule has 7 heterocycles. The molecule has 19 heteroatoms. The lowest BCUT2D eigenvalue weighted by molar-refractivity contribution is -0.141. The van der Waals surface area contributed by atoms with Crippen LogP contribution in [0.5, 0.6) is 5.75 Å². The number of pyridine rings is 1. The summed E-state index contributed by atoms with van der Waals surface area (Å²) in [5.41, 5.74) is -1.51. The molecule has 4 aromatic rings. The number of carbonyl (C=O) groups excluding carboxylic acids is 2. The monoisotopic (exact) mass is 715 g/mol. The van der Waals surface area contributed by atoms with Crippen LogP contribution in [0.4, 0.5) is 18.9 Å². The predicted octanol–water partition coefficient (Wildman–Crippen LogP) is 3.43. The zero-order valence-electron chi connectivity index (χ0n) is 26.6. The molecule has 1 saturated heterocycles. The summed E-state index contributed by atoms with van der Waals surface area (Å²) in [7, 11) is 0. The lowest BCUT2D eigenvalue weighted by atomic mass is 9.85. The summed E-state index contributed by atoms with van der Waals surface area (Å²) in [6, 6.07) is 1.71. The second-order valence-corrected chi connectivity index (χ2v) is 12.5. The van der Waals surface area contributed by atoms with Gasteiger partial charge in [0.25, 0.3) is 11.5 Å². The molecule has 1 atom stereocenters. The number of anilines is 1. The fourth-order valence-corrected chi connectivity index (χ4v) is 6.83. The van der Waals surface area contributed by atoms with Gasteiger partial charge in [0.15, 0.2) is 22.4 Å². The summed E-state index contributed by atoms with van der Waals surface area (Å²) < 4.78 is 54.0. The molecule has 1 spiro atoms. The Morgan fingerprint density at radius 3 is 2.62 bits per heavy atom. The smallest absolute Gasteiger partial charge is 0.433 e. The van der Waals surface area contributed by atoms with Crippen molar-refractivity contribution in [2.45, 2.75) is 57.5 Å². The Hall–Kier alpha value is -4.94. The van der Waals surface area contributed by atoms with Gasteiger partial charge in [-0.1, -0.05) is 17.7 Å². The average Bonchev–Trinajstić information content (AvgIpc) is 3.65. The van der Waals surface area contributed by atoms with Gasteiger partial charge in [-0.15, -0.1) is 5.10 Å². The quantitative estimate of drug-likeness (QED) is 0.289. The van der Waals surface area contributed by atoms with Crippen molar-refractivity contribution in [3.8, 4) is 5.75 Å². The van der Waals surface area contributed by atoms with Crippen molar-refractivity contribution in [2.24, 2.45) is 0 Å². The third-order valence-electron chi connectivity index (χ3n) is 9.06. The molecule has 2 amide bonds. The Morgan fingerprint density at radius 2 is 1.94 bits per heavy atom. The molecule has 3 aliphatic rings. The van der Waals surface area contributed by atoms with E-state index in [2.05, 4.69) is 30.4 Å². The molecule has 0 aliphatic carbocycles. The van der Waals surface area contributed by atoms with Crippen LogP contribution in [0.25, 0.3) is 11.4 Å². The molecule has 0 radical (unpaired) electrons. The third-order valence-corrected chi connectivity index (χ3v) is 9.35. The summed E-state index contributed by atoms with van der Waals surface area (Å²) in [5, 5.41) is 16.9. The molecular weight excluding hydrogens is 687 g/mol. The lowest BCUT2D eigenvalue weighted by Gasteiger charge is -2.39. The molecule has 7 rings (SSSR count). The highest BCUT2D eigenvalue weighted by molar-refractivity contribution is 6.32. The maximum absolute atomic E-state index is 14.3. The number of ether oxygens (including phenoxy) is 2. The molecule has 2 N–H and O–H groups in total. The number of halogens is 4. The maximum atomic E-state index is 14.3. The lowest BCUT2D eigenvalue weighted by Crippen LogP contribution is -2.47. The Balaban J connectivity index is 1.26. The van der Waals surface area contributed by atoms with E-state index in [9.17, 15) is 32.7 Å². The highest BCUT2D eigenvalue weighted by Crippen LogP contribution is 2.48. The van der Waals surface area contributed by atoms with E-state index in [1.807, 2.05) is 6.08 Å². The van der Waals surface area contributed by atoms with E-state index in [0.29, 0.717) is 31.4 Å². The predicted molar refractivity (Wildman–Crippen MR) is 168 cm³/mol. The van der Waals surface area contributed by atoms with Gasteiger partial charge in [0.1, 0.15) is 24.2 Å². The highest BCUT2D eigenvalue weighted by atomic mass is 35.5. The normalized spacial score (nSPS) is 18.7. The Morgan fingerprint density at radius 1 is 1.18 bits per heavy atom. The van der Waals surface area contributed by atoms with Crippen LogP contribution in [-0.2, 0) is 32.6 Å². The summed E-state index contributed by atoms with van der Waals surface area (Å²) in [6.45, 7) is 3.92. The first-order valence-corrected chi connectivity index (χ1v) is 16.0. The first-order valence-electron chi connectivity index (χ1n) is 15.6. The standard InChI is InChI=1S/C31H29ClF3N9O6/c1-15-24(46)22(37-14-36-15)28(48)42-9-7-30(8-10-42)21-23(16(2)50-30)43(13-20(45)38-18-3-4-19(31(33,34)35)39-25(18)32)29-40-26(41-44(29)27(21)47)17-5-11-49-12-6-17/h3-5,14,16,46H,6-13H2,1-2H3,(H,38,45)/t16-/m1/s1. The summed E-state index contributed by atoms with van der Waals surface area (Å²) in [4.78, 5) is 58.5. The largest absolute Gasteiger partial charge is 0.504 e. The van der Waals surface area contributed by atoms with Gasteiger partial charge in [-0.25, -0.2) is 15.0 Å². The number of aromatic nitrogens is 7. The molecule has 3 aliphatic heterocycles. The second kappa shape index (κ2) is 12.4. The molecule has 1 fully saturated rings. The molecule has 4 aromatic heterocycles. The summed E-state index contributed by atoms with van der Waals surface area (Å²) in [5.74, 6) is -1.17. The van der Waals surface area contributed by atoms with Gasteiger partial charge < -0.3 is 29.4 Å². The Labute approximate surface area is 285 Å². The minimum absolute atomic E-state index is 0.0534. The van der Waals surface area contributed by atoms with E-state index in [0.717, 1.165) is 16.2 Å². The van der Waals surface area contributed by atoms with E-state index in [1.54, 1.807) is 13.8 Å². The highest BCUT2D eigenvalue weighted by Gasteiger charge is 2.50. The molecule has 0 saturated carbocycles. The number of piperidine rings is 1. The van der Waals surface area contributed by atoms with Crippen molar-refractivity contribution >= 4 is 40.5 Å². The minimum atomic E-state index is -4.73. The van der Waals surface area contributed by atoms with Crippen molar-refractivity contribution in [1.82, 2.24) is 39.0 Å². The van der Waals surface area contributed by atoms with Crippen LogP contribution in [0.2, 0.25) is 5.15 Å². The SMILES string of the molecule is Cc1ncnc(C(=O)N2CCC3(CC2)O[C@H](C)c2c3c(=O)n3nc(C4=CCOCC4)nc3n2CC(=O)Nc2ccc(C(F)(F)F)nc2Cl)c1O. The van der Waals surface area contributed by atoms with Crippen LogP contribution in [-0.4, -0.2) is 82.2 Å². The van der Waals surface area contributed by atoms with Gasteiger partial charge in [-0.3, -0.25) is 14.4 Å². The number of fused-ring (bicyclic) bond motifs is 3. The van der Waals surface area contributed by atoms with E-state index in [1.165, 1.54) is 15.8 Å². The zero-order valence-corrected chi connectivity index (χ0v) is 27.4. The first-order chi connectivity index (χ1) is 23.8. The number of rotatable bonds is 5. The molecule has 0 aromatic carbocycles. The minimum Gasteiger partial charge on any atom is -0.504 e. The number of hydrogen-bond donors (Lipinski definition) is 2. The number of amides is 2. The van der Waals surface area contributed by atoms with E-state index >= 15 is 0 Å². The molecule has 262 valence electrons. The molecular formula is C31H29ClF3N9O6. The zero-order chi connectivity index (χ0) is 35.5. The van der Waals surface area contributed by atoms with Crippen LogP contribution >= 0.6 is 11.6 Å². The number of aromatic hydroxyl groups is 1. The Bertz CT molecular complexity index is 2140. The number of likely N-dealkylation sites (tertiary alicyclic amines) is 1. The summed E-state index contributed by atoms with van der Waals surface area (Å²) in [6.07, 6.45) is -1.55. The van der Waals surface area contributed by atoms with Gasteiger partial charge in [-0.05, 0) is 50.8 Å². The van der Waals surface area contributed by atoms with Crippen LogP contribution in [0.3, 0.4) is 0 Å². The van der Waals surface area contributed by atoms with Gasteiger partial charge >= 0.3 is 6.18 Å². The van der Waals surface area contributed by atoms with Crippen molar-refractivity contribution in [3.05, 3.63) is 74.2 Å². The van der Waals surface area contributed by atoms with Crippen LogP contribution in [0.15, 0.2) is 29.3 Å². The van der Waals surface area contributed by atoms with E-state index < -0.39 is 52.6 Å². The number of nitrogens with zero attached hydrogens (tertiary/aromatic N) is 8. The maximum Gasteiger partial charge on any atom is 0.433 e. The first kappa shape index (κ1) is 33.6. The van der Waals surface area contributed by atoms with Crippen LogP contribution in [0, 0.1) is 6.92 Å². The van der Waals surface area contributed by atoms with Crippen molar-refractivity contribution in [1.29, 1.82) is 0 Å². The van der Waals surface area contributed by atoms with Crippen molar-refractivity contribution in [3.63, 3.8) is 0 Å². The molecule has 50 heavy (non-hydrogen) atoms. The molecule has 15 nitrogen and oxygen atoms in total. The fourth-order valence-electron chi connectivity index (χ4n) is 6.63. The van der Waals surface area contributed by atoms with Gasteiger partial charge in [0.05, 0.1) is 42.0 Å². The molecule has 0 unspecified atom stereocenters. The number of aryl methyl sites for hydroxylation is 1. The number of alkyl halides is 3.